The van der Waals surface area contributed by atoms with Crippen molar-refractivity contribution in [1.29, 1.82) is 0 Å². The van der Waals surface area contributed by atoms with Crippen LogP contribution in [0.15, 0.2) is 35.5 Å². The van der Waals surface area contributed by atoms with Crippen molar-refractivity contribution in [3.05, 3.63) is 35.6 Å². The zero-order chi connectivity index (χ0) is 15.7. The van der Waals surface area contributed by atoms with E-state index in [4.69, 9.17) is 11.6 Å². The number of sulfonamides is 1. The Morgan fingerprint density at radius 2 is 2.04 bits per heavy atom. The number of hydrogen-bond acceptors (Lipinski definition) is 4. The number of pyridine rings is 1. The van der Waals surface area contributed by atoms with Crippen molar-refractivity contribution in [3.8, 4) is 0 Å². The summed E-state index contributed by atoms with van der Waals surface area (Å²) < 4.78 is 27.8. The molecular formula is C15H20Cl3N3O2S. The summed E-state index contributed by atoms with van der Waals surface area (Å²) in [6.07, 6.45) is 3.91. The Bertz CT molecular complexity index is 796. The second-order valence-corrected chi connectivity index (χ2v) is 7.76. The van der Waals surface area contributed by atoms with E-state index in [1.54, 1.807) is 22.6 Å². The summed E-state index contributed by atoms with van der Waals surface area (Å²) in [6.45, 7) is 3.91. The smallest absolute Gasteiger partial charge is 0.244 e. The van der Waals surface area contributed by atoms with Crippen LogP contribution in [0.3, 0.4) is 0 Å². The van der Waals surface area contributed by atoms with Crippen molar-refractivity contribution in [3.63, 3.8) is 0 Å². The minimum Gasteiger partial charge on any atom is -0.315 e. The fraction of sp³-hybridized carbons (Fsp3) is 0.400. The maximum Gasteiger partial charge on any atom is 0.244 e. The Balaban J connectivity index is 0.00000144. The maximum atomic E-state index is 13.1. The lowest BCUT2D eigenvalue weighted by Gasteiger charge is -2.26. The molecule has 2 heterocycles. The maximum absolute atomic E-state index is 13.1. The van der Waals surface area contributed by atoms with Crippen molar-refractivity contribution in [2.45, 2.75) is 24.3 Å². The summed E-state index contributed by atoms with van der Waals surface area (Å²) in [6, 6.07) is 5.08. The number of hydrogen-bond donors (Lipinski definition) is 1. The number of aromatic nitrogens is 1. The highest BCUT2D eigenvalue weighted by molar-refractivity contribution is 7.89. The molecule has 134 valence electrons. The van der Waals surface area contributed by atoms with E-state index in [0.29, 0.717) is 23.5 Å². The number of nitrogens with zero attached hydrogens (tertiary/aromatic N) is 2. The second kappa shape index (κ2) is 8.65. The fourth-order valence-electron chi connectivity index (χ4n) is 2.85. The molecule has 1 atom stereocenters. The fourth-order valence-corrected chi connectivity index (χ4v) is 5.08. The highest BCUT2D eigenvalue weighted by Gasteiger charge is 2.31. The van der Waals surface area contributed by atoms with Gasteiger partial charge in [0.15, 0.2) is 0 Å². The molecule has 0 amide bonds. The average molecular weight is 413 g/mol. The van der Waals surface area contributed by atoms with Crippen molar-refractivity contribution in [1.82, 2.24) is 14.6 Å². The zero-order valence-electron chi connectivity index (χ0n) is 13.1. The monoisotopic (exact) mass is 411 g/mol. The lowest BCUT2D eigenvalue weighted by atomic mass is 10.2. The molecule has 1 aromatic heterocycles. The summed E-state index contributed by atoms with van der Waals surface area (Å²) in [5, 5.41) is 4.89. The minimum atomic E-state index is -3.60. The van der Waals surface area contributed by atoms with Crippen LogP contribution in [0.2, 0.25) is 5.02 Å². The van der Waals surface area contributed by atoms with Gasteiger partial charge in [-0.3, -0.25) is 4.98 Å². The van der Waals surface area contributed by atoms with Crippen molar-refractivity contribution < 1.29 is 8.42 Å². The molecule has 2 aromatic rings. The third kappa shape index (κ3) is 3.95. The van der Waals surface area contributed by atoms with Crippen LogP contribution in [0, 0.1) is 0 Å². The van der Waals surface area contributed by atoms with Crippen LogP contribution >= 0.6 is 36.4 Å². The first-order valence-corrected chi connectivity index (χ1v) is 9.08. The Hall–Kier alpha value is -0.630. The molecule has 1 aliphatic rings. The van der Waals surface area contributed by atoms with Gasteiger partial charge in [0.1, 0.15) is 0 Å². The van der Waals surface area contributed by atoms with E-state index in [9.17, 15) is 8.42 Å². The third-order valence-corrected chi connectivity index (χ3v) is 6.29. The molecule has 0 aliphatic carbocycles. The van der Waals surface area contributed by atoms with E-state index in [2.05, 4.69) is 10.3 Å². The molecule has 0 radical (unpaired) electrons. The molecule has 0 unspecified atom stereocenters. The molecule has 1 saturated heterocycles. The molecule has 0 saturated carbocycles. The van der Waals surface area contributed by atoms with Crippen LogP contribution < -0.4 is 5.32 Å². The molecule has 1 fully saturated rings. The van der Waals surface area contributed by atoms with Gasteiger partial charge in [-0.1, -0.05) is 23.7 Å². The summed E-state index contributed by atoms with van der Waals surface area (Å²) >= 11 is 6.22. The molecule has 5 nitrogen and oxygen atoms in total. The SMILES string of the molecule is C[C@H]1CNCCCN1S(=O)(=O)c1cccc2cncc(Cl)c12.Cl.Cl. The molecule has 24 heavy (non-hydrogen) atoms. The van der Waals surface area contributed by atoms with E-state index in [1.165, 1.54) is 6.20 Å². The summed E-state index contributed by atoms with van der Waals surface area (Å²) in [5.41, 5.74) is 0. The number of halogens is 3. The Morgan fingerprint density at radius 1 is 1.29 bits per heavy atom. The lowest BCUT2D eigenvalue weighted by molar-refractivity contribution is 0.354. The standard InChI is InChI=1S/C15H18ClN3O2S.2ClH/c1-11-8-17-6-3-7-19(11)22(20,21)14-5-2-4-12-9-18-10-13(16)15(12)14;;/h2,4-5,9-11,17H,3,6-8H2,1H3;2*1H/t11-;;/m0../s1. The summed E-state index contributed by atoms with van der Waals surface area (Å²) in [5.74, 6) is 0. The summed E-state index contributed by atoms with van der Waals surface area (Å²) in [4.78, 5) is 4.28. The minimum absolute atomic E-state index is 0. The van der Waals surface area contributed by atoms with Crippen LogP contribution in [0.1, 0.15) is 13.3 Å². The van der Waals surface area contributed by atoms with Gasteiger partial charge < -0.3 is 5.32 Å². The van der Waals surface area contributed by atoms with Gasteiger partial charge in [-0.05, 0) is 26.0 Å². The van der Waals surface area contributed by atoms with Crippen LogP contribution in [-0.4, -0.2) is 43.4 Å². The van der Waals surface area contributed by atoms with Gasteiger partial charge in [-0.2, -0.15) is 4.31 Å². The van der Waals surface area contributed by atoms with Gasteiger partial charge in [0.2, 0.25) is 10.0 Å². The van der Waals surface area contributed by atoms with E-state index < -0.39 is 10.0 Å². The van der Waals surface area contributed by atoms with Crippen molar-refractivity contribution >= 4 is 57.2 Å². The molecule has 3 rings (SSSR count). The van der Waals surface area contributed by atoms with E-state index in [-0.39, 0.29) is 35.8 Å². The van der Waals surface area contributed by atoms with Crippen LogP contribution in [0.25, 0.3) is 10.8 Å². The van der Waals surface area contributed by atoms with Crippen molar-refractivity contribution in [2.75, 3.05) is 19.6 Å². The van der Waals surface area contributed by atoms with Gasteiger partial charge >= 0.3 is 0 Å². The lowest BCUT2D eigenvalue weighted by Crippen LogP contribution is -2.41. The quantitative estimate of drug-likeness (QED) is 0.823. The van der Waals surface area contributed by atoms with Gasteiger partial charge in [-0.15, -0.1) is 24.8 Å². The average Bonchev–Trinajstić information content (AvgIpc) is 2.72. The molecular weight excluding hydrogens is 393 g/mol. The first-order chi connectivity index (χ1) is 10.5. The number of nitrogens with one attached hydrogen (secondary N) is 1. The van der Waals surface area contributed by atoms with Crippen molar-refractivity contribution in [2.24, 2.45) is 0 Å². The highest BCUT2D eigenvalue weighted by atomic mass is 35.5. The van der Waals surface area contributed by atoms with Crippen LogP contribution in [0.4, 0.5) is 0 Å². The third-order valence-electron chi connectivity index (χ3n) is 3.95. The second-order valence-electron chi connectivity index (χ2n) is 5.50. The van der Waals surface area contributed by atoms with Crippen LogP contribution in [0.5, 0.6) is 0 Å². The number of fused-ring (bicyclic) bond motifs is 1. The first kappa shape index (κ1) is 21.4. The molecule has 1 N–H and O–H groups in total. The van der Waals surface area contributed by atoms with Gasteiger partial charge in [0.05, 0.1) is 9.92 Å². The molecule has 1 aromatic carbocycles. The van der Waals surface area contributed by atoms with Crippen LogP contribution in [-0.2, 0) is 10.0 Å². The molecule has 0 spiro atoms. The molecule has 9 heteroatoms. The predicted octanol–water partition coefficient (Wildman–Crippen LogP) is 3.10. The topological polar surface area (TPSA) is 62.3 Å². The van der Waals surface area contributed by atoms with Gasteiger partial charge in [-0.25, -0.2) is 8.42 Å². The van der Waals surface area contributed by atoms with Gasteiger partial charge in [0.25, 0.3) is 0 Å². The largest absolute Gasteiger partial charge is 0.315 e. The predicted molar refractivity (Wildman–Crippen MR) is 102 cm³/mol. The van der Waals surface area contributed by atoms with E-state index in [0.717, 1.165) is 18.4 Å². The Kier molecular flexibility index (Phi) is 7.72. The normalized spacial score (nSPS) is 19.2. The summed E-state index contributed by atoms with van der Waals surface area (Å²) in [7, 11) is -3.60. The Morgan fingerprint density at radius 3 is 2.79 bits per heavy atom. The molecule has 1 aliphatic heterocycles. The van der Waals surface area contributed by atoms with Gasteiger partial charge in [0, 0.05) is 42.3 Å². The van der Waals surface area contributed by atoms with E-state index >= 15 is 0 Å². The Labute approximate surface area is 159 Å². The zero-order valence-corrected chi connectivity index (χ0v) is 16.3. The number of benzene rings is 1. The highest BCUT2D eigenvalue weighted by Crippen LogP contribution is 2.31. The van der Waals surface area contributed by atoms with E-state index in [1.807, 2.05) is 13.0 Å². The molecule has 0 bridgehead atoms. The number of rotatable bonds is 2. The first-order valence-electron chi connectivity index (χ1n) is 7.26.